The van der Waals surface area contributed by atoms with Crippen LogP contribution in [0.25, 0.3) is 0 Å². The van der Waals surface area contributed by atoms with E-state index in [-0.39, 0.29) is 34.1 Å². The van der Waals surface area contributed by atoms with E-state index in [9.17, 15) is 13.2 Å². The summed E-state index contributed by atoms with van der Waals surface area (Å²) in [6.45, 7) is 4.55. The predicted molar refractivity (Wildman–Crippen MR) is 155 cm³/mol. The first kappa shape index (κ1) is 28.8. The first-order valence-electron chi connectivity index (χ1n) is 13.1. The van der Waals surface area contributed by atoms with E-state index in [0.29, 0.717) is 38.5 Å². The van der Waals surface area contributed by atoms with Gasteiger partial charge in [0.05, 0.1) is 24.9 Å². The topological polar surface area (TPSA) is 97.9 Å². The zero-order valence-corrected chi connectivity index (χ0v) is 24.7. The lowest BCUT2D eigenvalue weighted by molar-refractivity contribution is -0.131. The molecule has 2 aliphatic heterocycles. The summed E-state index contributed by atoms with van der Waals surface area (Å²) in [6, 6.07) is 15.4. The van der Waals surface area contributed by atoms with Gasteiger partial charge in [-0.1, -0.05) is 23.7 Å². The molecule has 218 valence electrons. The second-order valence-electron chi connectivity index (χ2n) is 9.83. The van der Waals surface area contributed by atoms with E-state index >= 15 is 0 Å². The van der Waals surface area contributed by atoms with Gasteiger partial charge in [0.2, 0.25) is 12.7 Å². The number of sulfonamides is 1. The smallest absolute Gasteiger partial charge is 0.268 e. The Morgan fingerprint density at radius 1 is 0.927 bits per heavy atom. The Balaban J connectivity index is 1.34. The number of carbonyl (C=O) groups is 1. The van der Waals surface area contributed by atoms with Gasteiger partial charge in [0, 0.05) is 32.7 Å². The minimum absolute atomic E-state index is 0.0340. The molecular weight excluding hydrogens is 570 g/mol. The molecule has 12 heteroatoms. The molecule has 10 nitrogen and oxygen atoms in total. The van der Waals surface area contributed by atoms with Crippen LogP contribution in [0.3, 0.4) is 0 Å². The van der Waals surface area contributed by atoms with Crippen LogP contribution in [0.1, 0.15) is 11.1 Å². The molecule has 3 aromatic rings. The summed E-state index contributed by atoms with van der Waals surface area (Å²) in [5.74, 6) is 1.75. The van der Waals surface area contributed by atoms with E-state index < -0.39 is 16.6 Å². The maximum absolute atomic E-state index is 14.1. The maximum atomic E-state index is 14.1. The summed E-state index contributed by atoms with van der Waals surface area (Å²) in [6.07, 6.45) is 0. The van der Waals surface area contributed by atoms with E-state index in [1.807, 2.05) is 18.2 Å². The van der Waals surface area contributed by atoms with E-state index in [0.717, 1.165) is 26.9 Å². The molecule has 0 N–H and O–H groups in total. The standard InChI is InChI=1S/C29H32ClN3O7S/c1-20-4-7-26(38-3)28(14-20)41(35,36)33(22-6-9-24(37-2)23(30)16-22)18-29(34)32-12-10-31(11-13-32)17-21-5-8-25-27(15-21)40-19-39-25/h4-9,14-16H,10-13,17-19H2,1-3H3. The third-order valence-electron chi connectivity index (χ3n) is 7.16. The zero-order chi connectivity index (χ0) is 29.1. The average Bonchev–Trinajstić information content (AvgIpc) is 3.44. The molecule has 1 saturated heterocycles. The van der Waals surface area contributed by atoms with Crippen molar-refractivity contribution in [3.63, 3.8) is 0 Å². The van der Waals surface area contributed by atoms with Crippen molar-refractivity contribution >= 4 is 33.2 Å². The maximum Gasteiger partial charge on any atom is 0.268 e. The number of carbonyl (C=O) groups excluding carboxylic acids is 1. The van der Waals surface area contributed by atoms with Crippen molar-refractivity contribution in [2.75, 3.05) is 58.0 Å². The van der Waals surface area contributed by atoms with Crippen molar-refractivity contribution in [1.82, 2.24) is 9.80 Å². The molecule has 2 heterocycles. The zero-order valence-electron chi connectivity index (χ0n) is 23.1. The second kappa shape index (κ2) is 12.1. The number of piperazine rings is 1. The van der Waals surface area contributed by atoms with Crippen LogP contribution in [0.2, 0.25) is 5.02 Å². The van der Waals surface area contributed by atoms with E-state index in [4.69, 9.17) is 30.5 Å². The van der Waals surface area contributed by atoms with Crippen molar-refractivity contribution in [1.29, 1.82) is 0 Å². The lowest BCUT2D eigenvalue weighted by Gasteiger charge is -2.36. The summed E-state index contributed by atoms with van der Waals surface area (Å²) in [5, 5.41) is 0.228. The molecule has 0 bridgehead atoms. The van der Waals surface area contributed by atoms with E-state index in [2.05, 4.69) is 4.90 Å². The fourth-order valence-electron chi connectivity index (χ4n) is 4.91. The summed E-state index contributed by atoms with van der Waals surface area (Å²) in [7, 11) is -1.33. The number of fused-ring (bicyclic) bond motifs is 1. The van der Waals surface area contributed by atoms with Gasteiger partial charge < -0.3 is 23.8 Å². The van der Waals surface area contributed by atoms with Gasteiger partial charge in [0.25, 0.3) is 10.0 Å². The van der Waals surface area contributed by atoms with Crippen LogP contribution in [-0.2, 0) is 21.4 Å². The Kier molecular flexibility index (Phi) is 8.48. The number of anilines is 1. The van der Waals surface area contributed by atoms with E-state index in [1.165, 1.54) is 26.4 Å². The van der Waals surface area contributed by atoms with Crippen LogP contribution in [0.4, 0.5) is 5.69 Å². The summed E-state index contributed by atoms with van der Waals surface area (Å²) < 4.78 is 50.7. The van der Waals surface area contributed by atoms with Crippen LogP contribution in [0, 0.1) is 6.92 Å². The molecule has 3 aromatic carbocycles. The number of amides is 1. The second-order valence-corrected chi connectivity index (χ2v) is 12.1. The van der Waals surface area contributed by atoms with Gasteiger partial charge in [-0.2, -0.15) is 0 Å². The SMILES string of the molecule is COc1ccc(N(CC(=O)N2CCN(Cc3ccc4c(c3)OCO4)CC2)S(=O)(=O)c2cc(C)ccc2OC)cc1Cl. The molecule has 1 amide bonds. The number of aryl methyl sites for hydroxylation is 1. The van der Waals surface area contributed by atoms with Crippen molar-refractivity contribution < 1.29 is 32.2 Å². The summed E-state index contributed by atoms with van der Waals surface area (Å²) >= 11 is 6.37. The summed E-state index contributed by atoms with van der Waals surface area (Å²) in [5.41, 5.74) is 2.07. The number of hydrogen-bond acceptors (Lipinski definition) is 8. The van der Waals surface area contributed by atoms with Gasteiger partial charge in [-0.3, -0.25) is 14.0 Å². The van der Waals surface area contributed by atoms with Crippen molar-refractivity contribution in [3.05, 3.63) is 70.7 Å². The number of hydrogen-bond donors (Lipinski definition) is 0. The van der Waals surface area contributed by atoms with Crippen LogP contribution in [0.5, 0.6) is 23.0 Å². The van der Waals surface area contributed by atoms with Crippen LogP contribution >= 0.6 is 11.6 Å². The Labute approximate surface area is 245 Å². The average molecular weight is 602 g/mol. The minimum atomic E-state index is -4.22. The van der Waals surface area contributed by atoms with Gasteiger partial charge in [-0.15, -0.1) is 0 Å². The monoisotopic (exact) mass is 601 g/mol. The number of methoxy groups -OCH3 is 2. The largest absolute Gasteiger partial charge is 0.495 e. The molecule has 0 saturated carbocycles. The molecule has 0 aliphatic carbocycles. The molecule has 5 rings (SSSR count). The van der Waals surface area contributed by atoms with Gasteiger partial charge in [-0.05, 0) is 60.5 Å². The molecule has 41 heavy (non-hydrogen) atoms. The third-order valence-corrected chi connectivity index (χ3v) is 9.25. The Bertz CT molecular complexity index is 1540. The molecule has 2 aliphatic rings. The number of nitrogens with zero attached hydrogens (tertiary/aromatic N) is 3. The number of benzene rings is 3. The van der Waals surface area contributed by atoms with Crippen molar-refractivity contribution in [2.24, 2.45) is 0 Å². The van der Waals surface area contributed by atoms with Crippen LogP contribution < -0.4 is 23.3 Å². The number of ether oxygens (including phenoxy) is 4. The van der Waals surface area contributed by atoms with Crippen molar-refractivity contribution in [2.45, 2.75) is 18.4 Å². The molecule has 0 radical (unpaired) electrons. The first-order valence-corrected chi connectivity index (χ1v) is 14.9. The predicted octanol–water partition coefficient (Wildman–Crippen LogP) is 3.93. The highest BCUT2D eigenvalue weighted by Crippen LogP contribution is 2.35. The number of halogens is 1. The lowest BCUT2D eigenvalue weighted by Crippen LogP contribution is -2.51. The van der Waals surface area contributed by atoms with Gasteiger partial charge in [0.15, 0.2) is 11.5 Å². The summed E-state index contributed by atoms with van der Waals surface area (Å²) in [4.78, 5) is 17.5. The third kappa shape index (κ3) is 6.17. The normalized spacial score (nSPS) is 15.1. The van der Waals surface area contributed by atoms with E-state index in [1.54, 1.807) is 36.1 Å². The fraction of sp³-hybridized carbons (Fsp3) is 0.345. The highest BCUT2D eigenvalue weighted by Gasteiger charge is 2.33. The lowest BCUT2D eigenvalue weighted by atomic mass is 10.1. The van der Waals surface area contributed by atoms with Crippen molar-refractivity contribution in [3.8, 4) is 23.0 Å². The van der Waals surface area contributed by atoms with Gasteiger partial charge >= 0.3 is 0 Å². The van der Waals surface area contributed by atoms with Crippen LogP contribution in [-0.4, -0.2) is 77.9 Å². The van der Waals surface area contributed by atoms with Gasteiger partial charge in [-0.25, -0.2) is 8.42 Å². The van der Waals surface area contributed by atoms with Gasteiger partial charge in [0.1, 0.15) is 22.9 Å². The Hall–Kier alpha value is -3.67. The number of rotatable bonds is 9. The quantitative estimate of drug-likeness (QED) is 0.364. The molecule has 0 spiro atoms. The minimum Gasteiger partial charge on any atom is -0.495 e. The fourth-order valence-corrected chi connectivity index (χ4v) is 6.81. The Morgan fingerprint density at radius 3 is 2.34 bits per heavy atom. The molecule has 0 aromatic heterocycles. The molecule has 1 fully saturated rings. The highest BCUT2D eigenvalue weighted by molar-refractivity contribution is 7.93. The molecular formula is C29H32ClN3O7S. The molecule has 0 atom stereocenters. The first-order chi connectivity index (χ1) is 19.7. The Morgan fingerprint density at radius 2 is 1.63 bits per heavy atom. The highest BCUT2D eigenvalue weighted by atomic mass is 35.5. The van der Waals surface area contributed by atoms with Crippen LogP contribution in [0.15, 0.2) is 59.5 Å². The molecule has 0 unspecified atom stereocenters.